The Labute approximate surface area is 112 Å². The van der Waals surface area contributed by atoms with Gasteiger partial charge in [-0.25, -0.2) is 0 Å². The van der Waals surface area contributed by atoms with Crippen LogP contribution in [0.2, 0.25) is 0 Å². The van der Waals surface area contributed by atoms with Gasteiger partial charge in [-0.3, -0.25) is 4.68 Å². The van der Waals surface area contributed by atoms with Crippen LogP contribution in [0.25, 0.3) is 0 Å². The highest BCUT2D eigenvalue weighted by Crippen LogP contribution is 2.36. The van der Waals surface area contributed by atoms with E-state index >= 15 is 0 Å². The maximum Gasteiger partial charge on any atom is 0.423 e. The molecule has 0 fully saturated rings. The van der Waals surface area contributed by atoms with Gasteiger partial charge in [-0.2, -0.15) is 31.4 Å². The number of ether oxygens (including phenoxy) is 1. The van der Waals surface area contributed by atoms with Crippen LogP contribution in [0.5, 0.6) is 0 Å². The molecule has 0 aromatic carbocycles. The van der Waals surface area contributed by atoms with Crippen LogP contribution in [-0.4, -0.2) is 28.2 Å². The molecule has 1 rings (SSSR count). The van der Waals surface area contributed by atoms with Gasteiger partial charge in [-0.15, -0.1) is 0 Å². The number of halogens is 7. The second-order valence-electron chi connectivity index (χ2n) is 3.74. The van der Waals surface area contributed by atoms with Crippen LogP contribution in [-0.2, 0) is 18.4 Å². The van der Waals surface area contributed by atoms with Gasteiger partial charge < -0.3 is 4.74 Å². The minimum Gasteiger partial charge on any atom is -0.354 e. The normalized spacial score (nSPS) is 13.4. The molecular formula is C9H9BrF6N2O. The summed E-state index contributed by atoms with van der Waals surface area (Å²) in [5.74, 6) is 0. The van der Waals surface area contributed by atoms with Gasteiger partial charge in [0.2, 0.25) is 6.10 Å². The fraction of sp³-hybridized carbons (Fsp3) is 0.667. The van der Waals surface area contributed by atoms with Crippen LogP contribution >= 0.6 is 15.9 Å². The first kappa shape index (κ1) is 16.3. The molecule has 0 atom stereocenters. The SMILES string of the molecule is Cc1nn(C)c(COC(C(F)(F)F)C(F)(F)F)c1Br. The first-order valence-corrected chi connectivity index (χ1v) is 5.67. The summed E-state index contributed by atoms with van der Waals surface area (Å²) in [6.07, 6.45) is -14.8. The molecule has 1 heterocycles. The quantitative estimate of drug-likeness (QED) is 0.777. The molecule has 0 unspecified atom stereocenters. The summed E-state index contributed by atoms with van der Waals surface area (Å²) >= 11 is 3.03. The van der Waals surface area contributed by atoms with Crippen molar-refractivity contribution in [2.75, 3.05) is 0 Å². The maximum absolute atomic E-state index is 12.2. The molecule has 0 amide bonds. The molecule has 10 heteroatoms. The lowest BCUT2D eigenvalue weighted by Gasteiger charge is -2.23. The zero-order valence-corrected chi connectivity index (χ0v) is 11.3. The summed E-state index contributed by atoms with van der Waals surface area (Å²) in [5.41, 5.74) is 0.535. The van der Waals surface area contributed by atoms with Gasteiger partial charge in [0.1, 0.15) is 0 Å². The molecule has 0 spiro atoms. The zero-order chi connectivity index (χ0) is 15.0. The minimum absolute atomic E-state index is 0.0935. The van der Waals surface area contributed by atoms with E-state index in [1.165, 1.54) is 7.05 Å². The minimum atomic E-state index is -5.52. The van der Waals surface area contributed by atoms with E-state index in [-0.39, 0.29) is 5.69 Å². The molecule has 1 aromatic rings. The Hall–Kier alpha value is -0.770. The van der Waals surface area contributed by atoms with E-state index in [9.17, 15) is 26.3 Å². The highest BCUT2D eigenvalue weighted by molar-refractivity contribution is 9.10. The van der Waals surface area contributed by atoms with E-state index in [0.29, 0.717) is 10.2 Å². The van der Waals surface area contributed by atoms with Crippen molar-refractivity contribution < 1.29 is 31.1 Å². The van der Waals surface area contributed by atoms with E-state index in [2.05, 4.69) is 25.8 Å². The van der Waals surface area contributed by atoms with Crippen molar-refractivity contribution in [3.8, 4) is 0 Å². The van der Waals surface area contributed by atoms with Crippen molar-refractivity contribution in [3.63, 3.8) is 0 Å². The average Bonchev–Trinajstić information content (AvgIpc) is 2.40. The molecule has 3 nitrogen and oxygen atoms in total. The third-order valence-corrected chi connectivity index (χ3v) is 3.27. The van der Waals surface area contributed by atoms with Gasteiger partial charge in [0, 0.05) is 7.05 Å². The van der Waals surface area contributed by atoms with Gasteiger partial charge in [-0.05, 0) is 22.9 Å². The molecule has 110 valence electrons. The topological polar surface area (TPSA) is 27.1 Å². The molecule has 0 aliphatic rings. The van der Waals surface area contributed by atoms with Gasteiger partial charge >= 0.3 is 12.4 Å². The Kier molecular flexibility index (Phi) is 4.55. The first-order valence-electron chi connectivity index (χ1n) is 4.87. The standard InChI is InChI=1S/C9H9BrF6N2O/c1-4-6(10)5(18(2)17-4)3-19-7(8(11,12)13)9(14,15)16/h7H,3H2,1-2H3. The van der Waals surface area contributed by atoms with Crippen molar-refractivity contribution in [1.29, 1.82) is 0 Å². The van der Waals surface area contributed by atoms with Crippen molar-refractivity contribution in [1.82, 2.24) is 9.78 Å². The molecule has 0 bridgehead atoms. The monoisotopic (exact) mass is 354 g/mol. The van der Waals surface area contributed by atoms with Crippen molar-refractivity contribution in [3.05, 3.63) is 15.9 Å². The summed E-state index contributed by atoms with van der Waals surface area (Å²) in [7, 11) is 1.40. The molecule has 0 aliphatic carbocycles. The molecule has 19 heavy (non-hydrogen) atoms. The Balaban J connectivity index is 2.89. The van der Waals surface area contributed by atoms with Crippen LogP contribution < -0.4 is 0 Å². The third-order valence-electron chi connectivity index (χ3n) is 2.24. The summed E-state index contributed by atoms with van der Waals surface area (Å²) in [4.78, 5) is 0. The molecular weight excluding hydrogens is 346 g/mol. The van der Waals surface area contributed by atoms with E-state index in [4.69, 9.17) is 0 Å². The van der Waals surface area contributed by atoms with E-state index in [1.807, 2.05) is 0 Å². The van der Waals surface area contributed by atoms with Crippen molar-refractivity contribution in [2.24, 2.45) is 7.05 Å². The lowest BCUT2D eigenvalue weighted by Crippen LogP contribution is -2.44. The van der Waals surface area contributed by atoms with E-state index in [0.717, 1.165) is 4.68 Å². The lowest BCUT2D eigenvalue weighted by molar-refractivity contribution is -0.324. The predicted octanol–water partition coefficient (Wildman–Crippen LogP) is 3.50. The molecule has 0 saturated heterocycles. The number of aryl methyl sites for hydroxylation is 2. The average molecular weight is 355 g/mol. The van der Waals surface area contributed by atoms with Crippen LogP contribution in [0, 0.1) is 6.92 Å². The zero-order valence-electron chi connectivity index (χ0n) is 9.73. The first-order chi connectivity index (χ1) is 8.44. The van der Waals surface area contributed by atoms with Crippen LogP contribution in [0.15, 0.2) is 4.47 Å². The number of hydrogen-bond donors (Lipinski definition) is 0. The third kappa shape index (κ3) is 3.85. The molecule has 0 radical (unpaired) electrons. The predicted molar refractivity (Wildman–Crippen MR) is 56.3 cm³/mol. The fourth-order valence-corrected chi connectivity index (χ4v) is 1.82. The smallest absolute Gasteiger partial charge is 0.354 e. The van der Waals surface area contributed by atoms with Crippen LogP contribution in [0.4, 0.5) is 26.3 Å². The van der Waals surface area contributed by atoms with Gasteiger partial charge in [0.05, 0.1) is 22.5 Å². The Morgan fingerprint density at radius 1 is 1.21 bits per heavy atom. The Morgan fingerprint density at radius 2 is 1.68 bits per heavy atom. The van der Waals surface area contributed by atoms with E-state index in [1.54, 1.807) is 6.92 Å². The second-order valence-corrected chi connectivity index (χ2v) is 4.54. The number of hydrogen-bond acceptors (Lipinski definition) is 2. The number of alkyl halides is 6. The van der Waals surface area contributed by atoms with Gasteiger partial charge in [0.15, 0.2) is 0 Å². The largest absolute Gasteiger partial charge is 0.423 e. The lowest BCUT2D eigenvalue weighted by atomic mass is 10.3. The maximum atomic E-state index is 12.2. The van der Waals surface area contributed by atoms with Gasteiger partial charge in [0.25, 0.3) is 0 Å². The Bertz CT molecular complexity index is 439. The van der Waals surface area contributed by atoms with E-state index < -0.39 is 25.1 Å². The second kappa shape index (κ2) is 5.31. The van der Waals surface area contributed by atoms with Crippen LogP contribution in [0.3, 0.4) is 0 Å². The fourth-order valence-electron chi connectivity index (χ4n) is 1.37. The number of rotatable bonds is 3. The highest BCUT2D eigenvalue weighted by Gasteiger charge is 2.58. The molecule has 0 aliphatic heterocycles. The number of aromatic nitrogens is 2. The van der Waals surface area contributed by atoms with Crippen molar-refractivity contribution in [2.45, 2.75) is 32.0 Å². The molecule has 1 aromatic heterocycles. The number of nitrogens with zero attached hydrogens (tertiary/aromatic N) is 2. The molecule has 0 N–H and O–H groups in total. The summed E-state index contributed by atoms with van der Waals surface area (Å²) < 4.78 is 78.9. The van der Waals surface area contributed by atoms with Crippen LogP contribution in [0.1, 0.15) is 11.4 Å². The highest BCUT2D eigenvalue weighted by atomic mass is 79.9. The van der Waals surface area contributed by atoms with Crippen molar-refractivity contribution >= 4 is 15.9 Å². The Morgan fingerprint density at radius 3 is 2.00 bits per heavy atom. The summed E-state index contributed by atoms with van der Waals surface area (Å²) in [5, 5.41) is 3.84. The summed E-state index contributed by atoms with van der Waals surface area (Å²) in [6, 6.07) is 0. The van der Waals surface area contributed by atoms with Gasteiger partial charge in [-0.1, -0.05) is 0 Å². The summed E-state index contributed by atoms with van der Waals surface area (Å²) in [6.45, 7) is 0.695. The molecule has 0 saturated carbocycles.